The number of rotatable bonds is 12. The lowest BCUT2D eigenvalue weighted by atomic mass is 10.0. The number of carbonyl (C=O) groups is 2. The number of aryl methyl sites for hydroxylation is 2. The molecule has 0 aromatic heterocycles. The van der Waals surface area contributed by atoms with Crippen LogP contribution in [0.2, 0.25) is 0 Å². The molecule has 0 saturated heterocycles. The molecule has 0 saturated carbocycles. The number of ether oxygens (including phenoxy) is 1. The molecule has 3 aromatic carbocycles. The van der Waals surface area contributed by atoms with Crippen LogP contribution in [-0.4, -0.2) is 35.9 Å². The molecule has 1 unspecified atom stereocenters. The van der Waals surface area contributed by atoms with Gasteiger partial charge < -0.3 is 15.0 Å². The molecule has 0 aliphatic rings. The van der Waals surface area contributed by atoms with Gasteiger partial charge in [-0.3, -0.25) is 9.59 Å². The van der Waals surface area contributed by atoms with Gasteiger partial charge in [-0.15, -0.1) is 0 Å². The van der Waals surface area contributed by atoms with Crippen LogP contribution in [0.1, 0.15) is 42.0 Å². The fourth-order valence-electron chi connectivity index (χ4n) is 3.88. The Balaban J connectivity index is 1.88. The van der Waals surface area contributed by atoms with Crippen LogP contribution < -0.4 is 10.1 Å². The summed E-state index contributed by atoms with van der Waals surface area (Å²) in [5.41, 5.74) is 4.20. The van der Waals surface area contributed by atoms with Crippen LogP contribution in [0, 0.1) is 13.8 Å². The van der Waals surface area contributed by atoms with Crippen molar-refractivity contribution in [3.05, 3.63) is 99.5 Å². The molecule has 0 radical (unpaired) electrons. The summed E-state index contributed by atoms with van der Waals surface area (Å²) in [6.45, 7) is 6.88. The van der Waals surface area contributed by atoms with E-state index in [0.29, 0.717) is 25.3 Å². The standard InChI is InChI=1S/C30H35BrN2O3/c1-4-5-17-32-30(35)28(19-24-9-7-6-8-10-24)33(20-25-12-14-26(31)15-13-25)29(34)21-36-27-16-11-22(2)23(3)18-27/h6-16,18,28H,4-5,17,19-21H2,1-3H3,(H,32,35). The first-order valence-electron chi connectivity index (χ1n) is 12.4. The minimum Gasteiger partial charge on any atom is -0.484 e. The molecule has 2 amide bonds. The first-order chi connectivity index (χ1) is 17.4. The zero-order chi connectivity index (χ0) is 25.9. The average molecular weight is 552 g/mol. The molecule has 0 spiro atoms. The molecule has 0 fully saturated rings. The van der Waals surface area contributed by atoms with Gasteiger partial charge in [0.2, 0.25) is 5.91 Å². The number of benzene rings is 3. The zero-order valence-electron chi connectivity index (χ0n) is 21.3. The highest BCUT2D eigenvalue weighted by Gasteiger charge is 2.30. The number of carbonyl (C=O) groups excluding carboxylic acids is 2. The molecule has 0 heterocycles. The SMILES string of the molecule is CCCCNC(=O)C(Cc1ccccc1)N(Cc1ccc(Br)cc1)C(=O)COc1ccc(C)c(C)c1. The third kappa shape index (κ3) is 8.23. The summed E-state index contributed by atoms with van der Waals surface area (Å²) < 4.78 is 6.85. The molecule has 36 heavy (non-hydrogen) atoms. The van der Waals surface area contributed by atoms with E-state index < -0.39 is 6.04 Å². The van der Waals surface area contributed by atoms with E-state index >= 15 is 0 Å². The Hall–Kier alpha value is -3.12. The van der Waals surface area contributed by atoms with Crippen molar-refractivity contribution in [1.82, 2.24) is 10.2 Å². The van der Waals surface area contributed by atoms with Gasteiger partial charge in [-0.25, -0.2) is 0 Å². The van der Waals surface area contributed by atoms with E-state index in [4.69, 9.17) is 4.74 Å². The van der Waals surface area contributed by atoms with Gasteiger partial charge in [-0.1, -0.05) is 77.8 Å². The average Bonchev–Trinajstić information content (AvgIpc) is 2.88. The Labute approximate surface area is 223 Å². The van der Waals surface area contributed by atoms with E-state index in [9.17, 15) is 9.59 Å². The maximum Gasteiger partial charge on any atom is 0.261 e. The van der Waals surface area contributed by atoms with E-state index in [2.05, 4.69) is 28.2 Å². The predicted molar refractivity (Wildman–Crippen MR) is 148 cm³/mol. The predicted octanol–water partition coefficient (Wildman–Crippen LogP) is 6.00. The molecular weight excluding hydrogens is 516 g/mol. The van der Waals surface area contributed by atoms with Crippen molar-refractivity contribution < 1.29 is 14.3 Å². The van der Waals surface area contributed by atoms with Crippen molar-refractivity contribution >= 4 is 27.7 Å². The number of unbranched alkanes of at least 4 members (excludes halogenated alkanes) is 1. The fraction of sp³-hybridized carbons (Fsp3) is 0.333. The number of hydrogen-bond donors (Lipinski definition) is 1. The first-order valence-corrected chi connectivity index (χ1v) is 13.2. The second-order valence-electron chi connectivity index (χ2n) is 9.03. The number of hydrogen-bond acceptors (Lipinski definition) is 3. The molecule has 0 bridgehead atoms. The van der Waals surface area contributed by atoms with Gasteiger partial charge in [-0.05, 0) is 66.8 Å². The highest BCUT2D eigenvalue weighted by Crippen LogP contribution is 2.19. The number of halogens is 1. The summed E-state index contributed by atoms with van der Waals surface area (Å²) in [6.07, 6.45) is 2.29. The lowest BCUT2D eigenvalue weighted by Crippen LogP contribution is -2.51. The molecule has 5 nitrogen and oxygen atoms in total. The van der Waals surface area contributed by atoms with Crippen molar-refractivity contribution in [3.8, 4) is 5.75 Å². The summed E-state index contributed by atoms with van der Waals surface area (Å²) in [7, 11) is 0. The zero-order valence-corrected chi connectivity index (χ0v) is 22.9. The number of nitrogens with one attached hydrogen (secondary N) is 1. The number of amides is 2. The summed E-state index contributed by atoms with van der Waals surface area (Å²) in [5, 5.41) is 3.04. The van der Waals surface area contributed by atoms with Crippen molar-refractivity contribution in [2.24, 2.45) is 0 Å². The van der Waals surface area contributed by atoms with Gasteiger partial charge in [0.15, 0.2) is 6.61 Å². The van der Waals surface area contributed by atoms with Crippen molar-refractivity contribution in [2.75, 3.05) is 13.2 Å². The smallest absolute Gasteiger partial charge is 0.261 e. The lowest BCUT2D eigenvalue weighted by molar-refractivity contribution is -0.142. The molecule has 6 heteroatoms. The third-order valence-electron chi connectivity index (χ3n) is 6.21. The Bertz CT molecular complexity index is 1130. The fourth-order valence-corrected chi connectivity index (χ4v) is 4.14. The van der Waals surface area contributed by atoms with Crippen LogP contribution >= 0.6 is 15.9 Å². The van der Waals surface area contributed by atoms with E-state index in [1.807, 2.05) is 86.6 Å². The van der Waals surface area contributed by atoms with Crippen LogP contribution in [-0.2, 0) is 22.6 Å². The Morgan fingerprint density at radius 3 is 2.33 bits per heavy atom. The maximum absolute atomic E-state index is 13.6. The molecule has 0 aliphatic carbocycles. The van der Waals surface area contributed by atoms with Crippen molar-refractivity contribution in [3.63, 3.8) is 0 Å². The summed E-state index contributed by atoms with van der Waals surface area (Å²) >= 11 is 3.47. The topological polar surface area (TPSA) is 58.6 Å². The van der Waals surface area contributed by atoms with E-state index in [0.717, 1.165) is 39.6 Å². The van der Waals surface area contributed by atoms with Gasteiger partial charge in [0.1, 0.15) is 11.8 Å². The largest absolute Gasteiger partial charge is 0.484 e. The van der Waals surface area contributed by atoms with Gasteiger partial charge >= 0.3 is 0 Å². The third-order valence-corrected chi connectivity index (χ3v) is 6.74. The highest BCUT2D eigenvalue weighted by molar-refractivity contribution is 9.10. The molecule has 3 aromatic rings. The van der Waals surface area contributed by atoms with Gasteiger partial charge in [-0.2, -0.15) is 0 Å². The van der Waals surface area contributed by atoms with Crippen molar-refractivity contribution in [2.45, 2.75) is 52.6 Å². The molecule has 3 rings (SSSR count). The minimum absolute atomic E-state index is 0.146. The molecular formula is C30H35BrN2O3. The van der Waals surface area contributed by atoms with Crippen LogP contribution in [0.5, 0.6) is 5.75 Å². The van der Waals surface area contributed by atoms with E-state index in [1.165, 1.54) is 0 Å². The quantitative estimate of drug-likeness (QED) is 0.281. The van der Waals surface area contributed by atoms with Crippen LogP contribution in [0.3, 0.4) is 0 Å². The highest BCUT2D eigenvalue weighted by atomic mass is 79.9. The second kappa shape index (κ2) is 13.8. The van der Waals surface area contributed by atoms with E-state index in [1.54, 1.807) is 4.90 Å². The molecule has 1 atom stereocenters. The summed E-state index contributed by atoms with van der Waals surface area (Å²) in [4.78, 5) is 28.7. The molecule has 190 valence electrons. The maximum atomic E-state index is 13.6. The lowest BCUT2D eigenvalue weighted by Gasteiger charge is -2.31. The van der Waals surface area contributed by atoms with Crippen molar-refractivity contribution in [1.29, 1.82) is 0 Å². The van der Waals surface area contributed by atoms with Crippen LogP contribution in [0.4, 0.5) is 0 Å². The van der Waals surface area contributed by atoms with Crippen LogP contribution in [0.15, 0.2) is 77.3 Å². The monoisotopic (exact) mass is 550 g/mol. The Morgan fingerprint density at radius 1 is 0.944 bits per heavy atom. The van der Waals surface area contributed by atoms with Crippen LogP contribution in [0.25, 0.3) is 0 Å². The Kier molecular flexibility index (Phi) is 10.6. The van der Waals surface area contributed by atoms with E-state index in [-0.39, 0.29) is 18.4 Å². The summed E-state index contributed by atoms with van der Waals surface area (Å²) in [5.74, 6) is 0.258. The Morgan fingerprint density at radius 2 is 1.67 bits per heavy atom. The van der Waals surface area contributed by atoms with Gasteiger partial charge in [0.05, 0.1) is 0 Å². The summed E-state index contributed by atoms with van der Waals surface area (Å²) in [6, 6.07) is 22.7. The van der Waals surface area contributed by atoms with Gasteiger partial charge in [0, 0.05) is 24.0 Å². The minimum atomic E-state index is -0.663. The first kappa shape index (κ1) is 27.5. The second-order valence-corrected chi connectivity index (χ2v) is 9.95. The molecule has 1 N–H and O–H groups in total. The normalized spacial score (nSPS) is 11.6. The van der Waals surface area contributed by atoms with Gasteiger partial charge in [0.25, 0.3) is 5.91 Å². The number of nitrogens with zero attached hydrogens (tertiary/aromatic N) is 1. The molecule has 0 aliphatic heterocycles.